The molecular formula is C15H20BrNO2. The number of carbonyl (C=O) groups excluding carboxylic acids is 1. The summed E-state index contributed by atoms with van der Waals surface area (Å²) in [6.07, 6.45) is 5.07. The zero-order valence-electron chi connectivity index (χ0n) is 11.2. The van der Waals surface area contributed by atoms with Gasteiger partial charge in [0, 0.05) is 10.9 Å². The topological polar surface area (TPSA) is 38.3 Å². The van der Waals surface area contributed by atoms with Gasteiger partial charge in [0.15, 0.2) is 0 Å². The molecule has 104 valence electrons. The van der Waals surface area contributed by atoms with E-state index in [4.69, 9.17) is 4.74 Å². The van der Waals surface area contributed by atoms with Crippen molar-refractivity contribution in [3.63, 3.8) is 0 Å². The SMILES string of the molecule is COc1cccc(CC(=O)NC2CCCCC2Br)c1. The molecule has 2 atom stereocenters. The highest BCUT2D eigenvalue weighted by Gasteiger charge is 2.24. The average molecular weight is 326 g/mol. The number of halogens is 1. The standard InChI is InChI=1S/C15H20BrNO2/c1-19-12-6-4-5-11(9-12)10-15(18)17-14-8-3-2-7-13(14)16/h4-6,9,13-14H,2-3,7-8,10H2,1H3,(H,17,18). The molecule has 1 aromatic carbocycles. The molecule has 0 aliphatic heterocycles. The van der Waals surface area contributed by atoms with Crippen LogP contribution in [-0.4, -0.2) is 23.9 Å². The molecule has 3 nitrogen and oxygen atoms in total. The summed E-state index contributed by atoms with van der Waals surface area (Å²) in [6.45, 7) is 0. The second kappa shape index (κ2) is 6.94. The van der Waals surface area contributed by atoms with Gasteiger partial charge in [0.1, 0.15) is 5.75 Å². The molecule has 1 fully saturated rings. The summed E-state index contributed by atoms with van der Waals surface area (Å²) >= 11 is 3.66. The Morgan fingerprint density at radius 2 is 2.21 bits per heavy atom. The fraction of sp³-hybridized carbons (Fsp3) is 0.533. The van der Waals surface area contributed by atoms with Crippen LogP contribution < -0.4 is 10.1 Å². The lowest BCUT2D eigenvalue weighted by Gasteiger charge is -2.28. The van der Waals surface area contributed by atoms with Crippen LogP contribution in [0.1, 0.15) is 31.2 Å². The van der Waals surface area contributed by atoms with Gasteiger partial charge in [0.05, 0.1) is 13.5 Å². The van der Waals surface area contributed by atoms with Crippen molar-refractivity contribution in [1.29, 1.82) is 0 Å². The molecule has 1 amide bonds. The van der Waals surface area contributed by atoms with Crippen LogP contribution >= 0.6 is 15.9 Å². The molecule has 1 aliphatic carbocycles. The first-order valence-electron chi connectivity index (χ1n) is 6.75. The first-order chi connectivity index (χ1) is 9.19. The van der Waals surface area contributed by atoms with E-state index < -0.39 is 0 Å². The minimum absolute atomic E-state index is 0.0876. The summed E-state index contributed by atoms with van der Waals surface area (Å²) in [5, 5.41) is 3.13. The van der Waals surface area contributed by atoms with Crippen molar-refractivity contribution in [2.75, 3.05) is 7.11 Å². The highest BCUT2D eigenvalue weighted by atomic mass is 79.9. The number of rotatable bonds is 4. The van der Waals surface area contributed by atoms with E-state index in [1.807, 2.05) is 24.3 Å². The molecule has 2 unspecified atom stereocenters. The maximum atomic E-state index is 12.1. The van der Waals surface area contributed by atoms with Gasteiger partial charge in [-0.15, -0.1) is 0 Å². The van der Waals surface area contributed by atoms with E-state index in [-0.39, 0.29) is 11.9 Å². The summed E-state index contributed by atoms with van der Waals surface area (Å²) < 4.78 is 5.16. The number of amides is 1. The molecule has 0 heterocycles. The average Bonchev–Trinajstić information content (AvgIpc) is 2.41. The Morgan fingerprint density at radius 1 is 1.42 bits per heavy atom. The number of hydrogen-bond donors (Lipinski definition) is 1. The molecule has 1 N–H and O–H groups in total. The smallest absolute Gasteiger partial charge is 0.224 e. The normalized spacial score (nSPS) is 22.8. The van der Waals surface area contributed by atoms with Crippen LogP contribution in [0.4, 0.5) is 0 Å². The first kappa shape index (κ1) is 14.4. The van der Waals surface area contributed by atoms with Gasteiger partial charge in [0.25, 0.3) is 0 Å². The van der Waals surface area contributed by atoms with Crippen molar-refractivity contribution in [2.24, 2.45) is 0 Å². The Balaban J connectivity index is 1.89. The van der Waals surface area contributed by atoms with Gasteiger partial charge in [0.2, 0.25) is 5.91 Å². The molecule has 0 aromatic heterocycles. The maximum Gasteiger partial charge on any atom is 0.224 e. The van der Waals surface area contributed by atoms with Crippen molar-refractivity contribution in [3.8, 4) is 5.75 Å². The van der Waals surface area contributed by atoms with Crippen LogP contribution in [0.15, 0.2) is 24.3 Å². The molecule has 1 saturated carbocycles. The Morgan fingerprint density at radius 3 is 2.95 bits per heavy atom. The summed E-state index contributed by atoms with van der Waals surface area (Å²) in [4.78, 5) is 12.5. The highest BCUT2D eigenvalue weighted by molar-refractivity contribution is 9.09. The van der Waals surface area contributed by atoms with E-state index in [0.29, 0.717) is 11.2 Å². The van der Waals surface area contributed by atoms with Gasteiger partial charge in [-0.25, -0.2) is 0 Å². The lowest BCUT2D eigenvalue weighted by Crippen LogP contribution is -2.43. The molecule has 0 spiro atoms. The zero-order chi connectivity index (χ0) is 13.7. The molecular weight excluding hydrogens is 306 g/mol. The maximum absolute atomic E-state index is 12.1. The number of methoxy groups -OCH3 is 1. The molecule has 0 bridgehead atoms. The van der Waals surface area contributed by atoms with Crippen molar-refractivity contribution >= 4 is 21.8 Å². The lowest BCUT2D eigenvalue weighted by atomic mass is 9.95. The zero-order valence-corrected chi connectivity index (χ0v) is 12.8. The monoisotopic (exact) mass is 325 g/mol. The van der Waals surface area contributed by atoms with Crippen LogP contribution in [-0.2, 0) is 11.2 Å². The Labute approximate surface area is 122 Å². The third-order valence-electron chi connectivity index (χ3n) is 3.53. The second-order valence-corrected chi connectivity index (χ2v) is 6.18. The Hall–Kier alpha value is -1.03. The summed E-state index contributed by atoms with van der Waals surface area (Å²) in [5.41, 5.74) is 0.985. The fourth-order valence-corrected chi connectivity index (χ4v) is 3.19. The number of benzene rings is 1. The summed E-state index contributed by atoms with van der Waals surface area (Å²) in [6, 6.07) is 7.93. The highest BCUT2D eigenvalue weighted by Crippen LogP contribution is 2.24. The van der Waals surface area contributed by atoms with E-state index in [2.05, 4.69) is 21.2 Å². The third kappa shape index (κ3) is 4.23. The van der Waals surface area contributed by atoms with Crippen LogP contribution in [0, 0.1) is 0 Å². The van der Waals surface area contributed by atoms with E-state index >= 15 is 0 Å². The lowest BCUT2D eigenvalue weighted by molar-refractivity contribution is -0.121. The van der Waals surface area contributed by atoms with E-state index in [9.17, 15) is 4.79 Å². The number of hydrogen-bond acceptors (Lipinski definition) is 2. The van der Waals surface area contributed by atoms with Gasteiger partial charge in [-0.05, 0) is 30.5 Å². The van der Waals surface area contributed by atoms with Crippen molar-refractivity contribution in [2.45, 2.75) is 43.0 Å². The minimum atomic E-state index is 0.0876. The number of ether oxygens (including phenoxy) is 1. The van der Waals surface area contributed by atoms with Crippen molar-refractivity contribution in [1.82, 2.24) is 5.32 Å². The fourth-order valence-electron chi connectivity index (χ4n) is 2.47. The van der Waals surface area contributed by atoms with Crippen LogP contribution in [0.25, 0.3) is 0 Å². The Bertz CT molecular complexity index is 436. The van der Waals surface area contributed by atoms with Gasteiger partial charge in [-0.1, -0.05) is 40.9 Å². The van der Waals surface area contributed by atoms with Gasteiger partial charge in [-0.2, -0.15) is 0 Å². The van der Waals surface area contributed by atoms with E-state index in [1.54, 1.807) is 7.11 Å². The molecule has 2 rings (SSSR count). The Kier molecular flexibility index (Phi) is 5.25. The number of carbonyl (C=O) groups is 1. The number of nitrogens with one attached hydrogen (secondary N) is 1. The molecule has 1 aromatic rings. The van der Waals surface area contributed by atoms with Crippen LogP contribution in [0.2, 0.25) is 0 Å². The van der Waals surface area contributed by atoms with Gasteiger partial charge < -0.3 is 10.1 Å². The second-order valence-electron chi connectivity index (χ2n) is 5.00. The number of alkyl halides is 1. The molecule has 0 saturated heterocycles. The molecule has 19 heavy (non-hydrogen) atoms. The van der Waals surface area contributed by atoms with E-state index in [0.717, 1.165) is 24.2 Å². The molecule has 1 aliphatic rings. The third-order valence-corrected chi connectivity index (χ3v) is 4.62. The first-order valence-corrected chi connectivity index (χ1v) is 7.67. The summed E-state index contributed by atoms with van der Waals surface area (Å²) in [7, 11) is 1.64. The van der Waals surface area contributed by atoms with Gasteiger partial charge >= 0.3 is 0 Å². The van der Waals surface area contributed by atoms with Crippen molar-refractivity contribution < 1.29 is 9.53 Å². The quantitative estimate of drug-likeness (QED) is 0.864. The largest absolute Gasteiger partial charge is 0.497 e. The van der Waals surface area contributed by atoms with Crippen LogP contribution in [0.3, 0.4) is 0 Å². The minimum Gasteiger partial charge on any atom is -0.497 e. The predicted molar refractivity (Wildman–Crippen MR) is 79.8 cm³/mol. The van der Waals surface area contributed by atoms with Gasteiger partial charge in [-0.3, -0.25) is 4.79 Å². The summed E-state index contributed by atoms with van der Waals surface area (Å²) in [5.74, 6) is 0.880. The van der Waals surface area contributed by atoms with Crippen LogP contribution in [0.5, 0.6) is 5.75 Å². The van der Waals surface area contributed by atoms with E-state index in [1.165, 1.54) is 12.8 Å². The van der Waals surface area contributed by atoms with Crippen molar-refractivity contribution in [3.05, 3.63) is 29.8 Å². The molecule has 4 heteroatoms. The molecule has 0 radical (unpaired) electrons. The predicted octanol–water partition coefficient (Wildman–Crippen LogP) is 3.06.